The molecule has 0 atom stereocenters. The Morgan fingerprint density at radius 1 is 0.741 bits per heavy atom. The van der Waals surface area contributed by atoms with Crippen LogP contribution in [0.3, 0.4) is 0 Å². The minimum atomic E-state index is 0. The van der Waals surface area contributed by atoms with Gasteiger partial charge in [0.15, 0.2) is 0 Å². The maximum atomic E-state index is 6.15. The zero-order valence-electron chi connectivity index (χ0n) is 14.0. The van der Waals surface area contributed by atoms with Gasteiger partial charge in [0.2, 0.25) is 0 Å². The van der Waals surface area contributed by atoms with Gasteiger partial charge in [0.25, 0.3) is 0 Å². The number of halogens is 1. The van der Waals surface area contributed by atoms with Gasteiger partial charge >= 0.3 is 0 Å². The van der Waals surface area contributed by atoms with Gasteiger partial charge in [-0.2, -0.15) is 0 Å². The number of aromatic amines is 1. The van der Waals surface area contributed by atoms with Gasteiger partial charge in [0.05, 0.1) is 22.8 Å². The number of nitrogens with one attached hydrogen (secondary N) is 1. The fourth-order valence-electron chi connectivity index (χ4n) is 2.17. The van der Waals surface area contributed by atoms with E-state index in [9.17, 15) is 0 Å². The molecular weight excluding hydrogens is 559 g/mol. The van der Waals surface area contributed by atoms with E-state index in [-0.39, 0.29) is 21.1 Å². The van der Waals surface area contributed by atoms with Crippen molar-refractivity contribution in [3.8, 4) is 22.8 Å². The van der Waals surface area contributed by atoms with Gasteiger partial charge in [0.1, 0.15) is 4.64 Å². The van der Waals surface area contributed by atoms with Gasteiger partial charge in [0, 0.05) is 44.7 Å². The van der Waals surface area contributed by atoms with Gasteiger partial charge in [-0.05, 0) is 48.5 Å². The van der Waals surface area contributed by atoms with Crippen LogP contribution in [-0.2, 0) is 21.1 Å². The summed E-state index contributed by atoms with van der Waals surface area (Å²) in [6, 6.07) is 20.6. The van der Waals surface area contributed by atoms with Crippen molar-refractivity contribution < 1.29 is 21.1 Å². The molecule has 0 aromatic carbocycles. The third-order valence-corrected chi connectivity index (χ3v) is 3.80. The third kappa shape index (κ3) is 6.47. The zero-order chi connectivity index (χ0) is 18.2. The van der Waals surface area contributed by atoms with E-state index in [2.05, 4.69) is 19.9 Å². The van der Waals surface area contributed by atoms with Crippen molar-refractivity contribution in [2.24, 2.45) is 0 Å². The van der Waals surface area contributed by atoms with Crippen LogP contribution in [0.2, 0.25) is 5.02 Å². The molecule has 0 aliphatic heterocycles. The molecule has 0 saturated heterocycles. The molecule has 4 heterocycles. The van der Waals surface area contributed by atoms with Crippen molar-refractivity contribution in [1.29, 1.82) is 0 Å². The van der Waals surface area contributed by atoms with Gasteiger partial charge < -0.3 is 4.98 Å². The minimum absolute atomic E-state index is 0. The summed E-state index contributed by atoms with van der Waals surface area (Å²) in [4.78, 5) is 16.0. The first-order chi connectivity index (χ1) is 12.7. The Morgan fingerprint density at radius 3 is 1.67 bits per heavy atom. The maximum Gasteiger partial charge on any atom is 0.103 e. The van der Waals surface area contributed by atoms with Crippen LogP contribution in [-0.4, -0.2) is 19.9 Å². The summed E-state index contributed by atoms with van der Waals surface area (Å²) in [5.74, 6) is 0. The van der Waals surface area contributed by atoms with Gasteiger partial charge in [-0.25, -0.2) is 4.98 Å². The van der Waals surface area contributed by atoms with Gasteiger partial charge in [-0.1, -0.05) is 42.0 Å². The summed E-state index contributed by atoms with van der Waals surface area (Å²) in [5.41, 5.74) is 3.08. The van der Waals surface area contributed by atoms with E-state index in [4.69, 9.17) is 23.8 Å². The second-order valence-corrected chi connectivity index (χ2v) is 6.09. The largest absolute Gasteiger partial charge is 0.353 e. The van der Waals surface area contributed by atoms with Crippen LogP contribution in [0.1, 0.15) is 0 Å². The molecule has 7 heteroatoms. The maximum absolute atomic E-state index is 6.15. The van der Waals surface area contributed by atoms with Crippen molar-refractivity contribution in [2.75, 3.05) is 0 Å². The Morgan fingerprint density at radius 2 is 1.30 bits per heavy atom. The number of H-pyrrole nitrogens is 1. The summed E-state index contributed by atoms with van der Waals surface area (Å²) < 4.78 is 0.780. The van der Waals surface area contributed by atoms with E-state index in [1.165, 1.54) is 0 Å². The fourth-order valence-corrected chi connectivity index (χ4v) is 2.52. The number of aromatic nitrogens is 4. The molecule has 0 bridgehead atoms. The van der Waals surface area contributed by atoms with Crippen molar-refractivity contribution in [3.63, 3.8) is 0 Å². The molecule has 4 rings (SSSR count). The van der Waals surface area contributed by atoms with Crippen LogP contribution in [0.15, 0.2) is 85.3 Å². The summed E-state index contributed by atoms with van der Waals surface area (Å²) in [6.45, 7) is 0. The SMILES string of the molecule is Clc1cc(-c2ccccn2)nc(-c2ccccn2)c1.S=c1cccc[nH]1.[Pt]. The molecule has 0 amide bonds. The Kier molecular flexibility index (Phi) is 8.46. The number of hydrogen-bond acceptors (Lipinski definition) is 4. The van der Waals surface area contributed by atoms with Crippen LogP contribution in [0.5, 0.6) is 0 Å². The minimum Gasteiger partial charge on any atom is -0.353 e. The first-order valence-corrected chi connectivity index (χ1v) is 8.65. The zero-order valence-corrected chi connectivity index (χ0v) is 17.9. The molecule has 138 valence electrons. The van der Waals surface area contributed by atoms with Crippen LogP contribution in [0.4, 0.5) is 0 Å². The summed E-state index contributed by atoms with van der Waals surface area (Å²) in [5, 5.41) is 0.622. The second kappa shape index (κ2) is 10.8. The summed E-state index contributed by atoms with van der Waals surface area (Å²) in [7, 11) is 0. The second-order valence-electron chi connectivity index (χ2n) is 5.21. The number of rotatable bonds is 2. The van der Waals surface area contributed by atoms with Gasteiger partial charge in [-0.15, -0.1) is 0 Å². The van der Waals surface area contributed by atoms with Crippen LogP contribution < -0.4 is 0 Å². The molecule has 4 aromatic rings. The van der Waals surface area contributed by atoms with Crippen molar-refractivity contribution in [1.82, 2.24) is 19.9 Å². The predicted octanol–water partition coefficient (Wildman–Crippen LogP) is 5.60. The Bertz CT molecular complexity index is 951. The van der Waals surface area contributed by atoms with Crippen LogP contribution in [0.25, 0.3) is 22.8 Å². The molecule has 27 heavy (non-hydrogen) atoms. The molecule has 0 radical (unpaired) electrons. The number of nitrogens with zero attached hydrogens (tertiary/aromatic N) is 3. The summed E-state index contributed by atoms with van der Waals surface area (Å²) >= 11 is 10.9. The molecule has 0 aliphatic rings. The average Bonchev–Trinajstić information content (AvgIpc) is 2.70. The number of pyridine rings is 4. The summed E-state index contributed by atoms with van der Waals surface area (Å²) in [6.07, 6.45) is 5.28. The van der Waals surface area contributed by atoms with Crippen LogP contribution >= 0.6 is 23.8 Å². The van der Waals surface area contributed by atoms with E-state index >= 15 is 0 Å². The quantitative estimate of drug-likeness (QED) is 0.317. The normalized spacial score (nSPS) is 9.52. The molecule has 4 aromatic heterocycles. The predicted molar refractivity (Wildman–Crippen MR) is 107 cm³/mol. The van der Waals surface area contributed by atoms with E-state index in [1.807, 2.05) is 60.8 Å². The van der Waals surface area contributed by atoms with Crippen molar-refractivity contribution in [2.45, 2.75) is 0 Å². The van der Waals surface area contributed by atoms with Crippen LogP contribution in [0, 0.1) is 4.64 Å². The van der Waals surface area contributed by atoms with Crippen molar-refractivity contribution >= 4 is 23.8 Å². The standard InChI is InChI=1S/C15H10ClN3.C5H5NS.Pt/c16-11-9-14(12-5-1-3-7-17-12)19-15(10-11)13-6-2-4-8-18-13;7-5-3-1-2-4-6-5;/h1-10H;1-4H,(H,6,7);. The molecule has 0 fully saturated rings. The monoisotopic (exact) mass is 573 g/mol. The average molecular weight is 574 g/mol. The molecular formula is C20H15ClN4PtS. The van der Waals surface area contributed by atoms with Gasteiger partial charge in [-0.3, -0.25) is 9.97 Å². The molecule has 0 aliphatic carbocycles. The molecule has 4 nitrogen and oxygen atoms in total. The first-order valence-electron chi connectivity index (χ1n) is 7.86. The molecule has 1 N–H and O–H groups in total. The topological polar surface area (TPSA) is 54.5 Å². The Balaban J connectivity index is 0.000000278. The number of hydrogen-bond donors (Lipinski definition) is 1. The third-order valence-electron chi connectivity index (χ3n) is 3.33. The molecule has 0 unspecified atom stereocenters. The van der Waals surface area contributed by atoms with E-state index < -0.39 is 0 Å². The smallest absolute Gasteiger partial charge is 0.103 e. The molecule has 0 saturated carbocycles. The first kappa shape index (κ1) is 21.1. The fraction of sp³-hybridized carbons (Fsp3) is 0. The Hall–Kier alpha value is -2.20. The van der Waals surface area contributed by atoms with E-state index in [0.717, 1.165) is 27.4 Å². The van der Waals surface area contributed by atoms with E-state index in [1.54, 1.807) is 24.5 Å². The molecule has 0 spiro atoms. The van der Waals surface area contributed by atoms with E-state index in [0.29, 0.717) is 5.02 Å². The Labute approximate surface area is 182 Å². The van der Waals surface area contributed by atoms with Crippen molar-refractivity contribution in [3.05, 3.63) is 95.0 Å².